The van der Waals surface area contributed by atoms with Crippen LogP contribution in [0.5, 0.6) is 0 Å². The van der Waals surface area contributed by atoms with Crippen molar-refractivity contribution in [2.24, 2.45) is 0 Å². The van der Waals surface area contributed by atoms with Crippen LogP contribution >= 0.6 is 0 Å². The van der Waals surface area contributed by atoms with E-state index in [1.165, 1.54) is 18.2 Å². The molecule has 4 nitrogen and oxygen atoms in total. The number of carbonyl (C=O) groups excluding carboxylic acids is 1. The Morgan fingerprint density at radius 2 is 2.16 bits per heavy atom. The summed E-state index contributed by atoms with van der Waals surface area (Å²) in [6.07, 6.45) is 1.53. The highest BCUT2D eigenvalue weighted by Crippen LogP contribution is 2.16. The fraction of sp³-hybridized carbons (Fsp3) is 0.500. The van der Waals surface area contributed by atoms with E-state index in [1.807, 2.05) is 6.92 Å². The summed E-state index contributed by atoms with van der Waals surface area (Å²) in [5, 5.41) is 14.7. The first kappa shape index (κ1) is 15.4. The fourth-order valence-electron chi connectivity index (χ4n) is 1.93. The zero-order valence-electron chi connectivity index (χ0n) is 11.6. The number of anilines is 1. The molecule has 5 heteroatoms. The lowest BCUT2D eigenvalue weighted by atomic mass is 9.98. The topological polar surface area (TPSA) is 61.4 Å². The van der Waals surface area contributed by atoms with E-state index in [2.05, 4.69) is 10.6 Å². The highest BCUT2D eigenvalue weighted by molar-refractivity contribution is 5.90. The molecule has 0 saturated heterocycles. The van der Waals surface area contributed by atoms with Crippen molar-refractivity contribution < 1.29 is 14.3 Å². The zero-order chi connectivity index (χ0) is 14.5. The smallest absolute Gasteiger partial charge is 0.319 e. The molecule has 0 aliphatic heterocycles. The number of aliphatic hydroxyl groups is 1. The van der Waals surface area contributed by atoms with E-state index < -0.39 is 11.6 Å². The van der Waals surface area contributed by atoms with Crippen molar-refractivity contribution in [3.05, 3.63) is 29.6 Å². The molecule has 1 rings (SSSR count). The van der Waals surface area contributed by atoms with Gasteiger partial charge in [-0.15, -0.1) is 0 Å². The van der Waals surface area contributed by atoms with Crippen molar-refractivity contribution in [3.63, 3.8) is 0 Å². The van der Waals surface area contributed by atoms with Crippen LogP contribution in [0.15, 0.2) is 18.2 Å². The number of urea groups is 1. The standard InChI is InChI=1S/C14H21FN2O2/c1-4-7-14(3,9-18)17-13(19)16-12-6-5-11(15)8-10(12)2/h5-6,8,18H,4,7,9H2,1-3H3,(H2,16,17,19). The predicted octanol–water partition coefficient (Wildman–Crippen LogP) is 2.81. The summed E-state index contributed by atoms with van der Waals surface area (Å²) in [5.41, 5.74) is 0.555. The summed E-state index contributed by atoms with van der Waals surface area (Å²) in [7, 11) is 0. The molecule has 0 fully saturated rings. The second-order valence-corrected chi connectivity index (χ2v) is 5.01. The van der Waals surface area contributed by atoms with Gasteiger partial charge in [0.25, 0.3) is 0 Å². The normalized spacial score (nSPS) is 13.7. The van der Waals surface area contributed by atoms with Crippen molar-refractivity contribution >= 4 is 11.7 Å². The molecule has 106 valence electrons. The van der Waals surface area contributed by atoms with Gasteiger partial charge in [-0.25, -0.2) is 9.18 Å². The maximum atomic E-state index is 12.9. The van der Waals surface area contributed by atoms with E-state index in [0.29, 0.717) is 17.7 Å². The summed E-state index contributed by atoms with van der Waals surface area (Å²) < 4.78 is 12.9. The number of nitrogens with one attached hydrogen (secondary N) is 2. The van der Waals surface area contributed by atoms with Gasteiger partial charge >= 0.3 is 6.03 Å². The first-order valence-corrected chi connectivity index (χ1v) is 6.36. The molecular formula is C14H21FN2O2. The zero-order valence-corrected chi connectivity index (χ0v) is 11.6. The second-order valence-electron chi connectivity index (χ2n) is 5.01. The van der Waals surface area contributed by atoms with Gasteiger partial charge in [-0.3, -0.25) is 0 Å². The molecule has 0 aromatic heterocycles. The Balaban J connectivity index is 2.69. The van der Waals surface area contributed by atoms with Crippen LogP contribution in [0.25, 0.3) is 0 Å². The Morgan fingerprint density at radius 1 is 1.47 bits per heavy atom. The van der Waals surface area contributed by atoms with Gasteiger partial charge in [-0.05, 0) is 44.0 Å². The molecule has 0 aliphatic rings. The average Bonchev–Trinajstić information content (AvgIpc) is 2.33. The molecule has 1 atom stereocenters. The molecule has 0 saturated carbocycles. The molecule has 2 amide bonds. The van der Waals surface area contributed by atoms with Gasteiger partial charge in [0.15, 0.2) is 0 Å². The molecule has 0 radical (unpaired) electrons. The van der Waals surface area contributed by atoms with Crippen molar-refractivity contribution in [2.45, 2.75) is 39.2 Å². The first-order chi connectivity index (χ1) is 8.90. The summed E-state index contributed by atoms with van der Waals surface area (Å²) in [4.78, 5) is 11.9. The first-order valence-electron chi connectivity index (χ1n) is 6.36. The molecule has 3 N–H and O–H groups in total. The van der Waals surface area contributed by atoms with Gasteiger partial charge in [0, 0.05) is 5.69 Å². The van der Waals surface area contributed by atoms with E-state index in [9.17, 15) is 14.3 Å². The Bertz CT molecular complexity index is 451. The van der Waals surface area contributed by atoms with Crippen molar-refractivity contribution in [1.82, 2.24) is 5.32 Å². The van der Waals surface area contributed by atoms with Gasteiger partial charge in [0.05, 0.1) is 12.1 Å². The van der Waals surface area contributed by atoms with Gasteiger partial charge in [-0.1, -0.05) is 13.3 Å². The predicted molar refractivity (Wildman–Crippen MR) is 73.7 cm³/mol. The van der Waals surface area contributed by atoms with Crippen LogP contribution in [0.3, 0.4) is 0 Å². The lowest BCUT2D eigenvalue weighted by Gasteiger charge is -2.28. The highest BCUT2D eigenvalue weighted by atomic mass is 19.1. The lowest BCUT2D eigenvalue weighted by molar-refractivity contribution is 0.167. The number of halogens is 1. The van der Waals surface area contributed by atoms with Gasteiger partial charge < -0.3 is 15.7 Å². The molecule has 0 aliphatic carbocycles. The minimum Gasteiger partial charge on any atom is -0.394 e. The fourth-order valence-corrected chi connectivity index (χ4v) is 1.93. The van der Waals surface area contributed by atoms with E-state index in [4.69, 9.17) is 0 Å². The SMILES string of the molecule is CCCC(C)(CO)NC(=O)Nc1ccc(F)cc1C. The number of aryl methyl sites for hydroxylation is 1. The maximum absolute atomic E-state index is 12.9. The number of benzene rings is 1. The van der Waals surface area contributed by atoms with E-state index in [1.54, 1.807) is 13.8 Å². The van der Waals surface area contributed by atoms with Crippen LogP contribution in [-0.4, -0.2) is 23.3 Å². The van der Waals surface area contributed by atoms with Gasteiger partial charge in [-0.2, -0.15) is 0 Å². The van der Waals surface area contributed by atoms with E-state index in [0.717, 1.165) is 6.42 Å². The minimum atomic E-state index is -0.646. The highest BCUT2D eigenvalue weighted by Gasteiger charge is 2.24. The Morgan fingerprint density at radius 3 is 2.68 bits per heavy atom. The van der Waals surface area contributed by atoms with Crippen molar-refractivity contribution in [1.29, 1.82) is 0 Å². The summed E-state index contributed by atoms with van der Waals surface area (Å²) in [6, 6.07) is 3.76. The summed E-state index contributed by atoms with van der Waals surface area (Å²) in [6.45, 7) is 5.36. The third-order valence-electron chi connectivity index (χ3n) is 3.00. The van der Waals surface area contributed by atoms with Crippen LogP contribution in [0.2, 0.25) is 0 Å². The number of rotatable bonds is 5. The number of aliphatic hydroxyl groups excluding tert-OH is 1. The molecular weight excluding hydrogens is 247 g/mol. The van der Waals surface area contributed by atoms with E-state index >= 15 is 0 Å². The third kappa shape index (κ3) is 4.52. The lowest BCUT2D eigenvalue weighted by Crippen LogP contribution is -2.50. The van der Waals surface area contributed by atoms with Crippen LogP contribution in [0, 0.1) is 12.7 Å². The Kier molecular flexibility index (Phi) is 5.30. The molecule has 1 aromatic carbocycles. The molecule has 0 bridgehead atoms. The van der Waals surface area contributed by atoms with Gasteiger partial charge in [0.1, 0.15) is 5.82 Å². The number of hydrogen-bond acceptors (Lipinski definition) is 2. The number of amides is 2. The number of carbonyl (C=O) groups is 1. The van der Waals surface area contributed by atoms with Crippen molar-refractivity contribution in [3.8, 4) is 0 Å². The van der Waals surface area contributed by atoms with Crippen LogP contribution in [0.4, 0.5) is 14.9 Å². The summed E-state index contributed by atoms with van der Waals surface area (Å²) in [5.74, 6) is -0.338. The molecule has 1 aromatic rings. The summed E-state index contributed by atoms with van der Waals surface area (Å²) >= 11 is 0. The molecule has 1 unspecified atom stereocenters. The minimum absolute atomic E-state index is 0.128. The third-order valence-corrected chi connectivity index (χ3v) is 3.00. The Hall–Kier alpha value is -1.62. The largest absolute Gasteiger partial charge is 0.394 e. The maximum Gasteiger partial charge on any atom is 0.319 e. The second kappa shape index (κ2) is 6.52. The van der Waals surface area contributed by atoms with Crippen LogP contribution < -0.4 is 10.6 Å². The van der Waals surface area contributed by atoms with Crippen molar-refractivity contribution in [2.75, 3.05) is 11.9 Å². The molecule has 0 spiro atoms. The number of hydrogen-bond donors (Lipinski definition) is 3. The Labute approximate surface area is 113 Å². The monoisotopic (exact) mass is 268 g/mol. The van der Waals surface area contributed by atoms with E-state index in [-0.39, 0.29) is 12.4 Å². The molecule has 0 heterocycles. The van der Waals surface area contributed by atoms with Crippen LogP contribution in [-0.2, 0) is 0 Å². The average molecular weight is 268 g/mol. The van der Waals surface area contributed by atoms with Gasteiger partial charge in [0.2, 0.25) is 0 Å². The molecule has 19 heavy (non-hydrogen) atoms. The quantitative estimate of drug-likeness (QED) is 0.769. The van der Waals surface area contributed by atoms with Crippen LogP contribution in [0.1, 0.15) is 32.3 Å².